The van der Waals surface area contributed by atoms with E-state index < -0.39 is 6.03 Å². The molecule has 1 fully saturated rings. The molecular formula is C44H50IN9O5. The molecule has 0 atom stereocenters. The lowest BCUT2D eigenvalue weighted by molar-refractivity contribution is 0.0383. The van der Waals surface area contributed by atoms with Crippen LogP contribution in [0.1, 0.15) is 43.8 Å². The van der Waals surface area contributed by atoms with Crippen molar-refractivity contribution in [3.8, 4) is 23.1 Å². The number of benzene rings is 4. The van der Waals surface area contributed by atoms with E-state index in [0.717, 1.165) is 47.4 Å². The van der Waals surface area contributed by atoms with Crippen molar-refractivity contribution in [3.63, 3.8) is 0 Å². The number of rotatable bonds is 12. The topological polar surface area (TPSA) is 157 Å². The molecule has 0 unspecified atom stereocenters. The molecule has 15 heteroatoms. The summed E-state index contributed by atoms with van der Waals surface area (Å²) in [6.07, 6.45) is 1.59. The van der Waals surface area contributed by atoms with Gasteiger partial charge >= 0.3 is 6.03 Å². The van der Waals surface area contributed by atoms with Gasteiger partial charge in [0.25, 0.3) is 5.91 Å². The highest BCUT2D eigenvalue weighted by atomic mass is 127. The molecule has 2 aromatic heterocycles. The van der Waals surface area contributed by atoms with Crippen LogP contribution in [0.4, 0.5) is 27.9 Å². The third-order valence-corrected chi connectivity index (χ3v) is 9.49. The second-order valence-corrected chi connectivity index (χ2v) is 14.7. The number of halogens is 1. The number of amides is 3. The van der Waals surface area contributed by atoms with Gasteiger partial charge in [-0.3, -0.25) is 15.0 Å². The van der Waals surface area contributed by atoms with Gasteiger partial charge in [-0.15, -0.1) is 0 Å². The minimum Gasteiger partial charge on any atom is -0.496 e. The number of aryl methyl sites for hydroxylation is 1. The van der Waals surface area contributed by atoms with Crippen molar-refractivity contribution >= 4 is 68.4 Å². The Labute approximate surface area is 359 Å². The Kier molecular flexibility index (Phi) is 13.9. The van der Waals surface area contributed by atoms with Gasteiger partial charge in [0, 0.05) is 67.8 Å². The van der Waals surface area contributed by atoms with Crippen molar-refractivity contribution in [2.45, 2.75) is 33.1 Å². The summed E-state index contributed by atoms with van der Waals surface area (Å²) < 4.78 is 25.1. The smallest absolute Gasteiger partial charge is 0.324 e. The Morgan fingerprint density at radius 3 is 2.39 bits per heavy atom. The van der Waals surface area contributed by atoms with Gasteiger partial charge in [0.05, 0.1) is 43.0 Å². The van der Waals surface area contributed by atoms with Crippen molar-refractivity contribution in [3.05, 3.63) is 114 Å². The highest BCUT2D eigenvalue weighted by Gasteiger charge is 2.22. The second kappa shape index (κ2) is 19.8. The summed E-state index contributed by atoms with van der Waals surface area (Å²) in [4.78, 5) is 38.4. The Balaban J connectivity index is 0.00000195. The number of hydrogen-bond donors (Lipinski definition) is 4. The van der Waals surface area contributed by atoms with Gasteiger partial charge in [0.2, 0.25) is 11.8 Å². The summed E-state index contributed by atoms with van der Waals surface area (Å²) >= 11 is 1.96. The largest absolute Gasteiger partial charge is 0.496 e. The molecule has 4 aromatic carbocycles. The summed E-state index contributed by atoms with van der Waals surface area (Å²) in [6, 6.07) is 27.6. The van der Waals surface area contributed by atoms with Crippen LogP contribution >= 0.6 is 22.6 Å². The summed E-state index contributed by atoms with van der Waals surface area (Å²) in [7, 11) is 1.53. The predicted octanol–water partition coefficient (Wildman–Crippen LogP) is 8.72. The van der Waals surface area contributed by atoms with Crippen LogP contribution in [0.3, 0.4) is 0 Å². The number of methoxy groups -OCH3 is 1. The number of anilines is 4. The van der Waals surface area contributed by atoms with Crippen LogP contribution in [-0.4, -0.2) is 88.0 Å². The Morgan fingerprint density at radius 2 is 1.66 bits per heavy atom. The summed E-state index contributed by atoms with van der Waals surface area (Å²) in [5, 5.41) is 18.6. The third-order valence-electron chi connectivity index (χ3n) is 9.49. The minimum absolute atomic E-state index is 0.226. The highest BCUT2D eigenvalue weighted by molar-refractivity contribution is 14.1. The second-order valence-electron chi connectivity index (χ2n) is 14.7. The van der Waals surface area contributed by atoms with Gasteiger partial charge in [-0.1, -0.05) is 85.3 Å². The maximum Gasteiger partial charge on any atom is 0.324 e. The van der Waals surface area contributed by atoms with Crippen molar-refractivity contribution in [2.75, 3.05) is 67.4 Å². The van der Waals surface area contributed by atoms with Crippen molar-refractivity contribution in [2.24, 2.45) is 0 Å². The van der Waals surface area contributed by atoms with Gasteiger partial charge in [0.1, 0.15) is 17.3 Å². The van der Waals surface area contributed by atoms with Crippen LogP contribution in [-0.2, 0) is 10.2 Å². The molecule has 0 bridgehead atoms. The lowest BCUT2D eigenvalue weighted by atomic mass is 9.92. The fraction of sp³-hybridized carbons (Fsp3) is 0.295. The molecule has 1 aliphatic heterocycles. The lowest BCUT2D eigenvalue weighted by Gasteiger charge is -2.26. The maximum atomic E-state index is 13.5. The van der Waals surface area contributed by atoms with Gasteiger partial charge < -0.3 is 30.2 Å². The van der Waals surface area contributed by atoms with E-state index in [1.807, 2.05) is 84.1 Å². The Hall–Kier alpha value is -5.78. The number of morpholine rings is 1. The maximum absolute atomic E-state index is 13.5. The van der Waals surface area contributed by atoms with E-state index >= 15 is 0 Å². The molecular weight excluding hydrogens is 861 g/mol. The minimum atomic E-state index is -0.416. The molecule has 4 N–H and O–H groups in total. The predicted molar refractivity (Wildman–Crippen MR) is 242 cm³/mol. The molecule has 7 rings (SSSR count). The number of alkyl halides is 1. The molecule has 0 spiro atoms. The van der Waals surface area contributed by atoms with Gasteiger partial charge in [-0.25, -0.2) is 14.5 Å². The normalized spacial score (nSPS) is 13.1. The molecule has 14 nitrogen and oxygen atoms in total. The number of carbonyl (C=O) groups is 2. The van der Waals surface area contributed by atoms with Crippen LogP contribution in [0.2, 0.25) is 0 Å². The molecule has 1 aliphatic rings. The number of nitrogens with zero attached hydrogens (tertiary/aromatic N) is 5. The average Bonchev–Trinajstić information content (AvgIpc) is 3.67. The van der Waals surface area contributed by atoms with E-state index in [1.165, 1.54) is 7.11 Å². The standard InChI is InChI=1S/C43H47N9O5.CH3I/c1-28-10-13-30(14-11-28)52-38(27-37(50-52)43(2,3)4)48-42(54)47-34-15-17-36(32-9-7-6-8-31(32)34)57-39-18-19-45-41(49-39)46-29-12-16-35(55-5)33(26-29)40(53)44-20-21-51-22-24-56-25-23-51;1-2/h6-19,26-27H,20-25H2,1-5H3,(H,44,53)(H,45,46,49)(H2,47,48,54);1H3/i;1D. The number of carbonyl (C=O) groups excluding carboxylic acids is 2. The number of hydrogen-bond acceptors (Lipinski definition) is 10. The first-order valence-electron chi connectivity index (χ1n) is 19.8. The molecule has 1 saturated heterocycles. The summed E-state index contributed by atoms with van der Waals surface area (Å²) in [5.41, 5.74) is 4.17. The highest BCUT2D eigenvalue weighted by Crippen LogP contribution is 2.35. The van der Waals surface area contributed by atoms with E-state index in [0.29, 0.717) is 64.8 Å². The molecule has 6 aromatic rings. The van der Waals surface area contributed by atoms with Crippen LogP contribution < -0.4 is 30.7 Å². The number of nitrogens with one attached hydrogen (secondary N) is 4. The van der Waals surface area contributed by atoms with E-state index in [4.69, 9.17) is 20.7 Å². The molecule has 0 saturated carbocycles. The zero-order chi connectivity index (χ0) is 42.6. The number of ether oxygens (including phenoxy) is 3. The van der Waals surface area contributed by atoms with Gasteiger partial charge in [-0.2, -0.15) is 10.1 Å². The average molecular weight is 913 g/mol. The first-order chi connectivity index (χ1) is 28.9. The van der Waals surface area contributed by atoms with Crippen LogP contribution in [0.15, 0.2) is 97.2 Å². The number of aromatic nitrogens is 4. The van der Waals surface area contributed by atoms with Crippen molar-refractivity contribution in [1.29, 1.82) is 0 Å². The van der Waals surface area contributed by atoms with Crippen LogP contribution in [0.25, 0.3) is 16.5 Å². The Bertz CT molecular complexity index is 2400. The quantitative estimate of drug-likeness (QED) is 0.0692. The molecule has 0 aliphatic carbocycles. The zero-order valence-electron chi connectivity index (χ0n) is 34.8. The van der Waals surface area contributed by atoms with E-state index in [9.17, 15) is 9.59 Å². The monoisotopic (exact) mass is 912 g/mol. The summed E-state index contributed by atoms with van der Waals surface area (Å²) in [6.45, 7) is 12.6. The lowest BCUT2D eigenvalue weighted by Crippen LogP contribution is -2.41. The van der Waals surface area contributed by atoms with Crippen LogP contribution in [0, 0.1) is 6.92 Å². The van der Waals surface area contributed by atoms with E-state index in [-0.39, 0.29) is 17.3 Å². The molecule has 3 heterocycles. The fourth-order valence-corrected chi connectivity index (χ4v) is 6.37. The van der Waals surface area contributed by atoms with Crippen molar-refractivity contribution in [1.82, 2.24) is 30.0 Å². The first kappa shape index (κ1) is 41.4. The number of fused-ring (bicyclic) bond motifs is 1. The third kappa shape index (κ3) is 11.0. The first-order valence-corrected chi connectivity index (χ1v) is 20.6. The molecule has 59 heavy (non-hydrogen) atoms. The fourth-order valence-electron chi connectivity index (χ4n) is 6.37. The zero-order valence-corrected chi connectivity index (χ0v) is 36.0. The summed E-state index contributed by atoms with van der Waals surface area (Å²) in [5.74, 6) is 1.86. The molecule has 308 valence electrons. The van der Waals surface area contributed by atoms with Gasteiger partial charge in [0.15, 0.2) is 0 Å². The number of urea groups is 1. The van der Waals surface area contributed by atoms with E-state index in [1.54, 1.807) is 47.3 Å². The van der Waals surface area contributed by atoms with Crippen LogP contribution in [0.5, 0.6) is 17.4 Å². The van der Waals surface area contributed by atoms with Gasteiger partial charge in [-0.05, 0) is 54.3 Å². The molecule has 3 amide bonds. The Morgan fingerprint density at radius 1 is 0.932 bits per heavy atom. The van der Waals surface area contributed by atoms with Crippen molar-refractivity contribution < 1.29 is 25.2 Å². The molecule has 0 radical (unpaired) electrons. The van der Waals surface area contributed by atoms with E-state index in [2.05, 4.69) is 56.9 Å². The SMILES string of the molecule is COc1ccc(Nc2nccc(Oc3ccc(NC(=O)Nc4cc(C(C)(C)C)nn4-c4ccc(C)cc4)c4ccccc34)n2)cc1C(=O)NCCN1CCOCC1.[2H]CI.